The van der Waals surface area contributed by atoms with Gasteiger partial charge in [-0.3, -0.25) is 4.57 Å². The standard InChI is InChI=1S/C12H12F2N2O/c1-15-7-8-16(11(15)17)9-12(13,14)10-5-3-2-4-6-10/h2-8H,9H2,1H3. The van der Waals surface area contributed by atoms with E-state index in [1.807, 2.05) is 0 Å². The lowest BCUT2D eigenvalue weighted by Gasteiger charge is -2.16. The van der Waals surface area contributed by atoms with Crippen molar-refractivity contribution in [1.82, 2.24) is 9.13 Å². The average Bonchev–Trinajstić information content (AvgIpc) is 2.62. The number of nitrogens with zero attached hydrogens (tertiary/aromatic N) is 2. The maximum atomic E-state index is 13.9. The molecule has 17 heavy (non-hydrogen) atoms. The Morgan fingerprint density at radius 2 is 1.82 bits per heavy atom. The van der Waals surface area contributed by atoms with Crippen LogP contribution in [0.2, 0.25) is 0 Å². The van der Waals surface area contributed by atoms with Crippen LogP contribution in [0.15, 0.2) is 47.5 Å². The maximum absolute atomic E-state index is 13.9. The highest BCUT2D eigenvalue weighted by Crippen LogP contribution is 2.28. The van der Waals surface area contributed by atoms with E-state index >= 15 is 0 Å². The summed E-state index contributed by atoms with van der Waals surface area (Å²) < 4.78 is 30.0. The van der Waals surface area contributed by atoms with Gasteiger partial charge >= 0.3 is 5.69 Å². The fourth-order valence-electron chi connectivity index (χ4n) is 1.62. The third-order valence-corrected chi connectivity index (χ3v) is 2.58. The summed E-state index contributed by atoms with van der Waals surface area (Å²) in [5.41, 5.74) is -0.531. The van der Waals surface area contributed by atoms with Crippen molar-refractivity contribution in [2.45, 2.75) is 12.5 Å². The minimum Gasteiger partial charge on any atom is -0.302 e. The molecule has 0 saturated carbocycles. The zero-order chi connectivity index (χ0) is 12.5. The third-order valence-electron chi connectivity index (χ3n) is 2.58. The number of rotatable bonds is 3. The summed E-state index contributed by atoms with van der Waals surface area (Å²) in [6, 6.07) is 7.49. The fourth-order valence-corrected chi connectivity index (χ4v) is 1.62. The van der Waals surface area contributed by atoms with E-state index in [0.717, 1.165) is 4.57 Å². The van der Waals surface area contributed by atoms with Gasteiger partial charge < -0.3 is 4.57 Å². The van der Waals surface area contributed by atoms with Crippen LogP contribution < -0.4 is 5.69 Å². The van der Waals surface area contributed by atoms with Crippen LogP contribution in [-0.2, 0) is 19.5 Å². The van der Waals surface area contributed by atoms with Crippen molar-refractivity contribution in [2.24, 2.45) is 7.05 Å². The highest BCUT2D eigenvalue weighted by molar-refractivity contribution is 5.19. The van der Waals surface area contributed by atoms with E-state index in [0.29, 0.717) is 0 Å². The highest BCUT2D eigenvalue weighted by Gasteiger charge is 2.32. The van der Waals surface area contributed by atoms with Crippen LogP contribution in [0, 0.1) is 0 Å². The number of aromatic nitrogens is 2. The molecule has 0 spiro atoms. The predicted octanol–water partition coefficient (Wildman–Crippen LogP) is 1.98. The SMILES string of the molecule is Cn1ccn(CC(F)(F)c2ccccc2)c1=O. The number of alkyl halides is 2. The molecular formula is C12H12F2N2O. The molecule has 0 radical (unpaired) electrons. The Morgan fingerprint density at radius 3 is 2.35 bits per heavy atom. The lowest BCUT2D eigenvalue weighted by Crippen LogP contribution is -2.29. The Labute approximate surface area is 96.9 Å². The Morgan fingerprint density at radius 1 is 1.18 bits per heavy atom. The Kier molecular flexibility index (Phi) is 2.83. The lowest BCUT2D eigenvalue weighted by atomic mass is 10.1. The Hall–Kier alpha value is -1.91. The molecule has 0 saturated heterocycles. The number of benzene rings is 1. The second kappa shape index (κ2) is 4.16. The molecule has 0 aliphatic rings. The summed E-state index contributed by atoms with van der Waals surface area (Å²) in [7, 11) is 1.53. The van der Waals surface area contributed by atoms with Crippen molar-refractivity contribution in [1.29, 1.82) is 0 Å². The summed E-state index contributed by atoms with van der Waals surface area (Å²) in [5, 5.41) is 0. The van der Waals surface area contributed by atoms with E-state index in [1.165, 1.54) is 36.1 Å². The van der Waals surface area contributed by atoms with Gasteiger partial charge in [0.2, 0.25) is 0 Å². The molecule has 0 fully saturated rings. The molecule has 90 valence electrons. The number of hydrogen-bond acceptors (Lipinski definition) is 1. The van der Waals surface area contributed by atoms with Gasteiger partial charge in [-0.15, -0.1) is 0 Å². The van der Waals surface area contributed by atoms with E-state index < -0.39 is 18.2 Å². The first kappa shape index (κ1) is 11.6. The van der Waals surface area contributed by atoms with Crippen molar-refractivity contribution >= 4 is 0 Å². The molecule has 0 aliphatic heterocycles. The molecule has 3 nitrogen and oxygen atoms in total. The van der Waals surface area contributed by atoms with Gasteiger partial charge in [0.15, 0.2) is 0 Å². The van der Waals surface area contributed by atoms with Crippen molar-refractivity contribution in [2.75, 3.05) is 0 Å². The van der Waals surface area contributed by atoms with Crippen molar-refractivity contribution in [3.63, 3.8) is 0 Å². The van der Waals surface area contributed by atoms with Crippen LogP contribution in [-0.4, -0.2) is 9.13 Å². The van der Waals surface area contributed by atoms with E-state index in [2.05, 4.69) is 0 Å². The molecule has 1 aromatic heterocycles. The van der Waals surface area contributed by atoms with Crippen LogP contribution in [0.5, 0.6) is 0 Å². The molecule has 2 aromatic rings. The lowest BCUT2D eigenvalue weighted by molar-refractivity contribution is -0.0231. The minimum absolute atomic E-state index is 0.0873. The largest absolute Gasteiger partial charge is 0.328 e. The number of aryl methyl sites for hydroxylation is 1. The molecule has 1 heterocycles. The van der Waals surface area contributed by atoms with Crippen LogP contribution >= 0.6 is 0 Å². The molecular weight excluding hydrogens is 226 g/mol. The Bertz CT molecular complexity index is 557. The summed E-state index contributed by atoms with van der Waals surface area (Å²) in [6.07, 6.45) is 2.82. The second-order valence-electron chi connectivity index (χ2n) is 3.89. The summed E-state index contributed by atoms with van der Waals surface area (Å²) in [5.74, 6) is -3.05. The first-order chi connectivity index (χ1) is 8.00. The van der Waals surface area contributed by atoms with E-state index in [-0.39, 0.29) is 5.56 Å². The van der Waals surface area contributed by atoms with Gasteiger partial charge in [0, 0.05) is 25.0 Å². The van der Waals surface area contributed by atoms with Crippen LogP contribution in [0.25, 0.3) is 0 Å². The molecule has 0 N–H and O–H groups in total. The first-order valence-electron chi connectivity index (χ1n) is 5.16. The van der Waals surface area contributed by atoms with Gasteiger partial charge in [-0.2, -0.15) is 8.78 Å². The predicted molar refractivity (Wildman–Crippen MR) is 60.0 cm³/mol. The molecule has 2 rings (SSSR count). The molecule has 0 atom stereocenters. The number of halogens is 2. The second-order valence-corrected chi connectivity index (χ2v) is 3.89. The molecule has 0 unspecified atom stereocenters. The Balaban J connectivity index is 2.29. The third kappa shape index (κ3) is 2.27. The molecule has 0 aliphatic carbocycles. The van der Waals surface area contributed by atoms with Crippen LogP contribution in [0.3, 0.4) is 0 Å². The topological polar surface area (TPSA) is 26.9 Å². The van der Waals surface area contributed by atoms with Gasteiger partial charge in [-0.05, 0) is 0 Å². The molecule has 5 heteroatoms. The molecule has 1 aromatic carbocycles. The van der Waals surface area contributed by atoms with Crippen molar-refractivity contribution in [3.05, 3.63) is 58.8 Å². The van der Waals surface area contributed by atoms with Gasteiger partial charge in [0.1, 0.15) is 0 Å². The zero-order valence-electron chi connectivity index (χ0n) is 9.31. The summed E-state index contributed by atoms with van der Waals surface area (Å²) >= 11 is 0. The smallest absolute Gasteiger partial charge is 0.302 e. The quantitative estimate of drug-likeness (QED) is 0.803. The highest BCUT2D eigenvalue weighted by atomic mass is 19.3. The molecule has 0 bridgehead atoms. The number of hydrogen-bond donors (Lipinski definition) is 0. The van der Waals surface area contributed by atoms with Crippen molar-refractivity contribution < 1.29 is 8.78 Å². The summed E-state index contributed by atoms with van der Waals surface area (Å²) in [6.45, 7) is -0.642. The fraction of sp³-hybridized carbons (Fsp3) is 0.250. The normalized spacial score (nSPS) is 11.7. The van der Waals surface area contributed by atoms with Crippen LogP contribution in [0.1, 0.15) is 5.56 Å². The number of imidazole rings is 1. The van der Waals surface area contributed by atoms with E-state index in [9.17, 15) is 13.6 Å². The van der Waals surface area contributed by atoms with E-state index in [1.54, 1.807) is 18.2 Å². The van der Waals surface area contributed by atoms with Crippen molar-refractivity contribution in [3.8, 4) is 0 Å². The maximum Gasteiger partial charge on any atom is 0.328 e. The summed E-state index contributed by atoms with van der Waals surface area (Å²) in [4.78, 5) is 11.5. The monoisotopic (exact) mass is 238 g/mol. The van der Waals surface area contributed by atoms with Gasteiger partial charge in [0.25, 0.3) is 5.92 Å². The van der Waals surface area contributed by atoms with E-state index in [4.69, 9.17) is 0 Å². The molecule has 0 amide bonds. The zero-order valence-corrected chi connectivity index (χ0v) is 9.31. The van der Waals surface area contributed by atoms with Gasteiger partial charge in [-0.25, -0.2) is 4.79 Å². The van der Waals surface area contributed by atoms with Gasteiger partial charge in [0.05, 0.1) is 6.54 Å². The van der Waals surface area contributed by atoms with Crippen LogP contribution in [0.4, 0.5) is 8.78 Å². The van der Waals surface area contributed by atoms with Gasteiger partial charge in [-0.1, -0.05) is 30.3 Å². The average molecular weight is 238 g/mol. The minimum atomic E-state index is -3.05. The first-order valence-corrected chi connectivity index (χ1v) is 5.16.